The predicted molar refractivity (Wildman–Crippen MR) is 141 cm³/mol. The summed E-state index contributed by atoms with van der Waals surface area (Å²) in [4.78, 5) is 40.9. The number of H-pyrrole nitrogens is 1. The summed E-state index contributed by atoms with van der Waals surface area (Å²) in [6.07, 6.45) is 0. The lowest BCUT2D eigenvalue weighted by molar-refractivity contribution is 0.800. The Kier molecular flexibility index (Phi) is 5.65. The molecule has 0 saturated carbocycles. The standard InChI is InChI=1S/C26H24N4O2S2/c1-13-9-8-10-14(2)21(13)30-25(32)18-11-6-7-12-19(18)27-26(30)34-17(5)22-28-23(31)20-15(3)16(4)33-24(20)29-22/h6-12,17H,1-5H3,(H,28,29,31). The number of aromatic nitrogens is 4. The first kappa shape index (κ1) is 22.6. The van der Waals surface area contributed by atoms with Crippen LogP contribution in [0.25, 0.3) is 26.8 Å². The third-order valence-electron chi connectivity index (χ3n) is 6.13. The molecule has 0 fully saturated rings. The van der Waals surface area contributed by atoms with Crippen molar-refractivity contribution in [2.24, 2.45) is 0 Å². The number of hydrogen-bond acceptors (Lipinski definition) is 6. The highest BCUT2D eigenvalue weighted by Crippen LogP contribution is 2.35. The molecule has 0 radical (unpaired) electrons. The van der Waals surface area contributed by atoms with Crippen LogP contribution in [0.3, 0.4) is 0 Å². The van der Waals surface area contributed by atoms with Gasteiger partial charge in [0.1, 0.15) is 10.7 Å². The van der Waals surface area contributed by atoms with Gasteiger partial charge in [-0.05, 0) is 63.4 Å². The molecule has 8 heteroatoms. The van der Waals surface area contributed by atoms with Crippen LogP contribution in [0, 0.1) is 27.7 Å². The molecule has 0 spiro atoms. The van der Waals surface area contributed by atoms with Crippen molar-refractivity contribution < 1.29 is 0 Å². The smallest absolute Gasteiger partial charge is 0.266 e. The average Bonchev–Trinajstić information content (AvgIpc) is 3.09. The van der Waals surface area contributed by atoms with Gasteiger partial charge in [-0.15, -0.1) is 11.3 Å². The van der Waals surface area contributed by atoms with Crippen molar-refractivity contribution in [1.29, 1.82) is 0 Å². The first-order valence-corrected chi connectivity index (χ1v) is 12.7. The zero-order valence-electron chi connectivity index (χ0n) is 19.6. The normalized spacial score (nSPS) is 12.5. The molecule has 3 aromatic heterocycles. The van der Waals surface area contributed by atoms with E-state index in [0.29, 0.717) is 27.3 Å². The van der Waals surface area contributed by atoms with Gasteiger partial charge in [-0.25, -0.2) is 9.97 Å². The molecule has 172 valence electrons. The molecule has 0 saturated heterocycles. The Labute approximate surface area is 204 Å². The van der Waals surface area contributed by atoms with Gasteiger partial charge in [0, 0.05) is 4.88 Å². The summed E-state index contributed by atoms with van der Waals surface area (Å²) in [6, 6.07) is 13.4. The van der Waals surface area contributed by atoms with Gasteiger partial charge in [0.25, 0.3) is 11.1 Å². The molecule has 3 heterocycles. The summed E-state index contributed by atoms with van der Waals surface area (Å²) in [5.41, 5.74) is 4.19. The van der Waals surface area contributed by atoms with Crippen LogP contribution in [0.15, 0.2) is 57.2 Å². The van der Waals surface area contributed by atoms with E-state index < -0.39 is 0 Å². The lowest BCUT2D eigenvalue weighted by Crippen LogP contribution is -2.23. The lowest BCUT2D eigenvalue weighted by atomic mass is 10.1. The molecule has 0 aliphatic heterocycles. The van der Waals surface area contributed by atoms with Crippen LogP contribution in [0.2, 0.25) is 0 Å². The second-order valence-electron chi connectivity index (χ2n) is 8.47. The number of benzene rings is 2. The van der Waals surface area contributed by atoms with Gasteiger partial charge in [-0.2, -0.15) is 0 Å². The van der Waals surface area contributed by atoms with Crippen molar-refractivity contribution >= 4 is 44.2 Å². The number of thioether (sulfide) groups is 1. The third kappa shape index (κ3) is 3.67. The number of nitrogens with zero attached hydrogens (tertiary/aromatic N) is 3. The fourth-order valence-electron chi connectivity index (χ4n) is 4.22. The summed E-state index contributed by atoms with van der Waals surface area (Å²) < 4.78 is 1.70. The van der Waals surface area contributed by atoms with Crippen LogP contribution in [-0.4, -0.2) is 19.5 Å². The zero-order valence-corrected chi connectivity index (χ0v) is 21.2. The Morgan fingerprint density at radius 3 is 2.41 bits per heavy atom. The van der Waals surface area contributed by atoms with Crippen molar-refractivity contribution in [3.63, 3.8) is 0 Å². The van der Waals surface area contributed by atoms with Gasteiger partial charge in [0.2, 0.25) is 0 Å². The molecule has 0 amide bonds. The van der Waals surface area contributed by atoms with Crippen LogP contribution < -0.4 is 11.1 Å². The Hall–Kier alpha value is -3.23. The molecule has 34 heavy (non-hydrogen) atoms. The topological polar surface area (TPSA) is 80.6 Å². The Morgan fingerprint density at radius 1 is 0.971 bits per heavy atom. The highest BCUT2D eigenvalue weighted by molar-refractivity contribution is 7.99. The fourth-order valence-corrected chi connectivity index (χ4v) is 6.23. The molecule has 0 aliphatic carbocycles. The third-order valence-corrected chi connectivity index (χ3v) is 8.30. The Bertz CT molecular complexity index is 1680. The molecule has 5 rings (SSSR count). The first-order valence-electron chi connectivity index (χ1n) is 11.0. The number of aryl methyl sites for hydroxylation is 4. The van der Waals surface area contributed by atoms with E-state index in [1.54, 1.807) is 10.6 Å². The van der Waals surface area contributed by atoms with Gasteiger partial charge < -0.3 is 4.98 Å². The Morgan fingerprint density at radius 2 is 1.68 bits per heavy atom. The quantitative estimate of drug-likeness (QED) is 0.257. The summed E-state index contributed by atoms with van der Waals surface area (Å²) >= 11 is 2.94. The van der Waals surface area contributed by atoms with E-state index in [2.05, 4.69) is 4.98 Å². The maximum absolute atomic E-state index is 13.7. The SMILES string of the molecule is Cc1cccc(C)c1-n1c(SC(C)c2nc3sc(C)c(C)c3c(=O)[nH]2)nc2ccccc2c1=O. The van der Waals surface area contributed by atoms with Crippen LogP contribution in [-0.2, 0) is 0 Å². The maximum Gasteiger partial charge on any atom is 0.266 e. The number of para-hydroxylation sites is 2. The maximum atomic E-state index is 13.7. The summed E-state index contributed by atoms with van der Waals surface area (Å²) in [5.74, 6) is 0.569. The van der Waals surface area contributed by atoms with E-state index >= 15 is 0 Å². The van der Waals surface area contributed by atoms with Gasteiger partial charge in [-0.1, -0.05) is 42.1 Å². The second kappa shape index (κ2) is 8.52. The minimum atomic E-state index is -0.233. The molecule has 6 nitrogen and oxygen atoms in total. The molecule has 1 N–H and O–H groups in total. The van der Waals surface area contributed by atoms with Gasteiger partial charge >= 0.3 is 0 Å². The molecule has 0 bridgehead atoms. The van der Waals surface area contributed by atoms with E-state index in [1.165, 1.54) is 23.1 Å². The molecular weight excluding hydrogens is 464 g/mol. The number of hydrogen-bond donors (Lipinski definition) is 1. The lowest BCUT2D eigenvalue weighted by Gasteiger charge is -2.19. The van der Waals surface area contributed by atoms with E-state index in [1.807, 2.05) is 71.0 Å². The number of nitrogens with one attached hydrogen (secondary N) is 1. The van der Waals surface area contributed by atoms with Crippen molar-refractivity contribution in [2.75, 3.05) is 0 Å². The largest absolute Gasteiger partial charge is 0.309 e. The van der Waals surface area contributed by atoms with Gasteiger partial charge in [-0.3, -0.25) is 14.2 Å². The van der Waals surface area contributed by atoms with E-state index in [9.17, 15) is 9.59 Å². The van der Waals surface area contributed by atoms with E-state index in [4.69, 9.17) is 9.97 Å². The molecule has 1 unspecified atom stereocenters. The van der Waals surface area contributed by atoms with Crippen molar-refractivity contribution in [3.05, 3.63) is 90.6 Å². The zero-order chi connectivity index (χ0) is 24.1. The first-order chi connectivity index (χ1) is 16.3. The van der Waals surface area contributed by atoms with Crippen LogP contribution in [0.5, 0.6) is 0 Å². The second-order valence-corrected chi connectivity index (χ2v) is 11.0. The van der Waals surface area contributed by atoms with Crippen LogP contribution in [0.4, 0.5) is 0 Å². The Balaban J connectivity index is 1.69. The molecule has 2 aromatic carbocycles. The number of rotatable bonds is 4. The van der Waals surface area contributed by atoms with E-state index in [-0.39, 0.29) is 16.4 Å². The summed E-state index contributed by atoms with van der Waals surface area (Å²) in [5, 5.41) is 1.55. The number of fused-ring (bicyclic) bond motifs is 2. The van der Waals surface area contributed by atoms with Crippen molar-refractivity contribution in [2.45, 2.75) is 45.0 Å². The van der Waals surface area contributed by atoms with Crippen molar-refractivity contribution in [3.8, 4) is 5.69 Å². The average molecular weight is 489 g/mol. The predicted octanol–water partition coefficient (Wildman–Crippen LogP) is 5.77. The summed E-state index contributed by atoms with van der Waals surface area (Å²) in [7, 11) is 0. The molecular formula is C26H24N4O2S2. The van der Waals surface area contributed by atoms with Gasteiger partial charge in [0.05, 0.1) is 27.2 Å². The monoisotopic (exact) mass is 488 g/mol. The summed E-state index contributed by atoms with van der Waals surface area (Å²) in [6.45, 7) is 9.91. The molecule has 0 aliphatic rings. The highest BCUT2D eigenvalue weighted by atomic mass is 32.2. The van der Waals surface area contributed by atoms with Crippen LogP contribution >= 0.6 is 23.1 Å². The van der Waals surface area contributed by atoms with E-state index in [0.717, 1.165) is 32.1 Å². The minimum absolute atomic E-state index is 0.112. The molecule has 5 aromatic rings. The fraction of sp³-hybridized carbons (Fsp3) is 0.231. The number of thiophene rings is 1. The minimum Gasteiger partial charge on any atom is -0.309 e. The number of aromatic amines is 1. The highest BCUT2D eigenvalue weighted by Gasteiger charge is 2.21. The van der Waals surface area contributed by atoms with Crippen molar-refractivity contribution in [1.82, 2.24) is 19.5 Å². The van der Waals surface area contributed by atoms with Gasteiger partial charge in [0.15, 0.2) is 5.16 Å². The molecule has 1 atom stereocenters. The van der Waals surface area contributed by atoms with Crippen LogP contribution in [0.1, 0.15) is 39.6 Å².